The van der Waals surface area contributed by atoms with Gasteiger partial charge < -0.3 is 0 Å². The fraction of sp³-hybridized carbons (Fsp3) is 0.345. The van der Waals surface area contributed by atoms with Crippen LogP contribution < -0.4 is 0 Å². The Hall–Kier alpha value is -2.74. The van der Waals surface area contributed by atoms with E-state index in [-0.39, 0.29) is 5.82 Å². The van der Waals surface area contributed by atoms with E-state index in [2.05, 4.69) is 57.7 Å². The molecule has 1 aliphatic carbocycles. The summed E-state index contributed by atoms with van der Waals surface area (Å²) in [4.78, 5) is 5.08. The minimum Gasteiger partial charge on any atom is -0.252 e. The number of halogens is 1. The van der Waals surface area contributed by atoms with Gasteiger partial charge in [-0.25, -0.2) is 4.39 Å². The average molecular weight is 414 g/mol. The molecule has 1 nitrogen and oxygen atoms in total. The van der Waals surface area contributed by atoms with Gasteiger partial charge in [0.1, 0.15) is 5.82 Å². The van der Waals surface area contributed by atoms with Crippen molar-refractivity contribution in [1.29, 1.82) is 0 Å². The van der Waals surface area contributed by atoms with Crippen molar-refractivity contribution in [2.24, 2.45) is 11.8 Å². The van der Waals surface area contributed by atoms with Crippen molar-refractivity contribution in [1.82, 2.24) is 4.98 Å². The largest absolute Gasteiger partial charge is 0.252 e. The van der Waals surface area contributed by atoms with E-state index in [1.807, 2.05) is 18.2 Å². The zero-order valence-electron chi connectivity index (χ0n) is 18.9. The molecule has 4 rings (SSSR count). The third-order valence-corrected chi connectivity index (χ3v) is 6.12. The van der Waals surface area contributed by atoms with Crippen LogP contribution in [0.3, 0.4) is 0 Å². The molecule has 1 saturated carbocycles. The molecular formula is C29H32FN. The van der Waals surface area contributed by atoms with E-state index >= 15 is 0 Å². The Labute approximate surface area is 185 Å². The summed E-state index contributed by atoms with van der Waals surface area (Å²) < 4.78 is 13.7. The molecule has 31 heavy (non-hydrogen) atoms. The maximum absolute atomic E-state index is 13.7. The van der Waals surface area contributed by atoms with Crippen LogP contribution in [0.15, 0.2) is 66.8 Å². The third-order valence-electron chi connectivity index (χ3n) is 6.12. The minimum atomic E-state index is -0.207. The van der Waals surface area contributed by atoms with Crippen LogP contribution in [-0.2, 0) is 0 Å². The molecule has 0 N–H and O–H groups in total. The lowest BCUT2D eigenvalue weighted by atomic mass is 9.89. The Balaban J connectivity index is 1.79. The van der Waals surface area contributed by atoms with Crippen molar-refractivity contribution in [3.05, 3.63) is 83.8 Å². The van der Waals surface area contributed by atoms with Gasteiger partial charge in [0.2, 0.25) is 0 Å². The van der Waals surface area contributed by atoms with Gasteiger partial charge in [0, 0.05) is 22.4 Å². The van der Waals surface area contributed by atoms with Crippen LogP contribution in [0.4, 0.5) is 4.39 Å². The van der Waals surface area contributed by atoms with Gasteiger partial charge in [0.15, 0.2) is 0 Å². The van der Waals surface area contributed by atoms with Crippen LogP contribution in [0, 0.1) is 17.7 Å². The Morgan fingerprint density at radius 3 is 2.52 bits per heavy atom. The second-order valence-electron chi connectivity index (χ2n) is 9.42. The first-order valence-electron chi connectivity index (χ1n) is 11.4. The van der Waals surface area contributed by atoms with E-state index in [4.69, 9.17) is 4.98 Å². The summed E-state index contributed by atoms with van der Waals surface area (Å²) in [6, 6.07) is 15.2. The standard InChI is InChI=1S/C29H32FN/c1-19(2)17-21(4)18-20(3)9-16-26-28(22-12-14-24(30)15-13-22)25-7-5-6-8-27(25)31-29(26)23-10-11-23/h5-9,12-16,20-21,23H,1,10-11,17-18H2,2-4H3/b16-9+. The van der Waals surface area contributed by atoms with E-state index in [1.165, 1.54) is 35.2 Å². The summed E-state index contributed by atoms with van der Waals surface area (Å²) in [5.74, 6) is 1.41. The highest BCUT2D eigenvalue weighted by atomic mass is 19.1. The highest BCUT2D eigenvalue weighted by Gasteiger charge is 2.29. The highest BCUT2D eigenvalue weighted by Crippen LogP contribution is 2.45. The van der Waals surface area contributed by atoms with Gasteiger partial charge in [-0.05, 0) is 68.2 Å². The SMILES string of the molecule is C=C(C)CC(C)CC(C)/C=C/c1c(C2CC2)nc2ccccc2c1-c1ccc(F)cc1. The quantitative estimate of drug-likeness (QED) is 0.337. The fourth-order valence-corrected chi connectivity index (χ4v) is 4.66. The molecule has 0 spiro atoms. The van der Waals surface area contributed by atoms with Crippen molar-refractivity contribution < 1.29 is 4.39 Å². The Kier molecular flexibility index (Phi) is 6.36. The molecule has 0 saturated heterocycles. The van der Waals surface area contributed by atoms with E-state index < -0.39 is 0 Å². The predicted octanol–water partition coefficient (Wildman–Crippen LogP) is 8.56. The van der Waals surface area contributed by atoms with Gasteiger partial charge in [0.25, 0.3) is 0 Å². The number of fused-ring (bicyclic) bond motifs is 1. The molecule has 1 aromatic heterocycles. The molecule has 1 heterocycles. The van der Waals surface area contributed by atoms with Crippen LogP contribution in [0.2, 0.25) is 0 Å². The van der Waals surface area contributed by atoms with Gasteiger partial charge in [-0.1, -0.05) is 61.9 Å². The number of pyridine rings is 1. The zero-order chi connectivity index (χ0) is 22.0. The molecule has 2 aromatic carbocycles. The molecular weight excluding hydrogens is 381 g/mol. The molecule has 2 atom stereocenters. The molecule has 1 fully saturated rings. The number of rotatable bonds is 8. The molecule has 0 amide bonds. The summed E-state index contributed by atoms with van der Waals surface area (Å²) in [6.07, 6.45) is 9.21. The lowest BCUT2D eigenvalue weighted by molar-refractivity contribution is 0.465. The van der Waals surface area contributed by atoms with Gasteiger partial charge in [-0.3, -0.25) is 4.98 Å². The second kappa shape index (κ2) is 9.18. The Morgan fingerprint density at radius 1 is 1.13 bits per heavy atom. The first-order valence-corrected chi connectivity index (χ1v) is 11.4. The number of allylic oxidation sites excluding steroid dienone is 2. The Bertz CT molecular complexity index is 1110. The number of hydrogen-bond donors (Lipinski definition) is 0. The van der Waals surface area contributed by atoms with Crippen LogP contribution in [0.5, 0.6) is 0 Å². The van der Waals surface area contributed by atoms with Crippen LogP contribution >= 0.6 is 0 Å². The zero-order valence-corrected chi connectivity index (χ0v) is 18.9. The van der Waals surface area contributed by atoms with Crippen molar-refractivity contribution in [3.8, 4) is 11.1 Å². The fourth-order valence-electron chi connectivity index (χ4n) is 4.66. The maximum Gasteiger partial charge on any atom is 0.123 e. The van der Waals surface area contributed by atoms with Crippen LogP contribution in [0.25, 0.3) is 28.1 Å². The highest BCUT2D eigenvalue weighted by molar-refractivity contribution is 5.99. The lowest BCUT2D eigenvalue weighted by Crippen LogP contribution is -2.02. The number of aromatic nitrogens is 1. The molecule has 0 bridgehead atoms. The van der Waals surface area contributed by atoms with Crippen molar-refractivity contribution in [2.75, 3.05) is 0 Å². The summed E-state index contributed by atoms with van der Waals surface area (Å²) in [6.45, 7) is 10.8. The van der Waals surface area contributed by atoms with Gasteiger partial charge in [0.05, 0.1) is 11.2 Å². The molecule has 0 radical (unpaired) electrons. The lowest BCUT2D eigenvalue weighted by Gasteiger charge is -2.17. The van der Waals surface area contributed by atoms with Crippen molar-refractivity contribution in [3.63, 3.8) is 0 Å². The molecule has 1 aliphatic rings. The summed E-state index contributed by atoms with van der Waals surface area (Å²) in [5.41, 5.74) is 6.88. The normalized spacial score (nSPS) is 16.0. The second-order valence-corrected chi connectivity index (χ2v) is 9.42. The third kappa shape index (κ3) is 5.12. The number of para-hydroxylation sites is 1. The van der Waals surface area contributed by atoms with Crippen molar-refractivity contribution in [2.45, 2.75) is 52.4 Å². The number of hydrogen-bond acceptors (Lipinski definition) is 1. The average Bonchev–Trinajstić information content (AvgIpc) is 3.56. The Morgan fingerprint density at radius 2 is 1.84 bits per heavy atom. The van der Waals surface area contributed by atoms with E-state index in [9.17, 15) is 4.39 Å². The van der Waals surface area contributed by atoms with Gasteiger partial charge in [-0.15, -0.1) is 6.58 Å². The summed E-state index contributed by atoms with van der Waals surface area (Å²) in [7, 11) is 0. The van der Waals surface area contributed by atoms with Crippen molar-refractivity contribution >= 4 is 17.0 Å². The van der Waals surface area contributed by atoms with E-state index in [1.54, 1.807) is 12.1 Å². The van der Waals surface area contributed by atoms with Crippen LogP contribution in [-0.4, -0.2) is 4.98 Å². The smallest absolute Gasteiger partial charge is 0.123 e. The first kappa shape index (κ1) is 21.5. The molecule has 2 heteroatoms. The van der Waals surface area contributed by atoms with Crippen LogP contribution in [0.1, 0.15) is 63.6 Å². The minimum absolute atomic E-state index is 0.207. The molecule has 0 aliphatic heterocycles. The monoisotopic (exact) mass is 413 g/mol. The van der Waals surface area contributed by atoms with Gasteiger partial charge >= 0.3 is 0 Å². The molecule has 3 aromatic rings. The molecule has 2 unspecified atom stereocenters. The maximum atomic E-state index is 13.7. The van der Waals surface area contributed by atoms with E-state index in [0.717, 1.165) is 29.3 Å². The summed E-state index contributed by atoms with van der Waals surface area (Å²) in [5, 5.41) is 1.13. The number of nitrogens with zero attached hydrogens (tertiary/aromatic N) is 1. The van der Waals surface area contributed by atoms with Gasteiger partial charge in [-0.2, -0.15) is 0 Å². The van der Waals surface area contributed by atoms with E-state index in [0.29, 0.717) is 17.8 Å². The topological polar surface area (TPSA) is 12.9 Å². The summed E-state index contributed by atoms with van der Waals surface area (Å²) >= 11 is 0. The first-order chi connectivity index (χ1) is 14.9. The predicted molar refractivity (Wildman–Crippen MR) is 131 cm³/mol. The number of benzene rings is 2. The molecule has 160 valence electrons.